The van der Waals surface area contributed by atoms with Crippen molar-refractivity contribution < 1.29 is 14.7 Å². The van der Waals surface area contributed by atoms with Crippen molar-refractivity contribution in [2.24, 2.45) is 0 Å². The fourth-order valence-corrected chi connectivity index (χ4v) is 2.73. The molecule has 0 saturated heterocycles. The van der Waals surface area contributed by atoms with Crippen LogP contribution >= 0.6 is 15.9 Å². The van der Waals surface area contributed by atoms with Crippen molar-refractivity contribution in [3.8, 4) is 0 Å². The molecule has 1 aliphatic carbocycles. The number of rotatable bonds is 6. The third-order valence-corrected chi connectivity index (χ3v) is 4.41. The van der Waals surface area contributed by atoms with Crippen molar-refractivity contribution in [1.29, 1.82) is 0 Å². The van der Waals surface area contributed by atoms with Crippen molar-refractivity contribution in [2.45, 2.75) is 45.1 Å². The van der Waals surface area contributed by atoms with Gasteiger partial charge in [-0.3, -0.25) is 14.7 Å². The zero-order chi connectivity index (χ0) is 14.9. The summed E-state index contributed by atoms with van der Waals surface area (Å²) in [6, 6.07) is -0.147. The van der Waals surface area contributed by atoms with E-state index in [-0.39, 0.29) is 24.2 Å². The molecular weight excluding hydrogens is 326 g/mol. The van der Waals surface area contributed by atoms with Crippen molar-refractivity contribution >= 4 is 27.8 Å². The molecule has 6 nitrogen and oxygen atoms in total. The molecule has 1 amide bonds. The molecule has 7 heteroatoms. The van der Waals surface area contributed by atoms with Gasteiger partial charge in [0.2, 0.25) is 0 Å². The summed E-state index contributed by atoms with van der Waals surface area (Å²) in [7, 11) is 0. The number of carbonyl (C=O) groups excluding carboxylic acids is 1. The molecule has 2 N–H and O–H groups in total. The van der Waals surface area contributed by atoms with Crippen LogP contribution in [0.1, 0.15) is 55.2 Å². The Morgan fingerprint density at radius 3 is 2.70 bits per heavy atom. The fourth-order valence-electron chi connectivity index (χ4n) is 2.06. The summed E-state index contributed by atoms with van der Waals surface area (Å²) in [4.78, 5) is 24.8. The van der Waals surface area contributed by atoms with Gasteiger partial charge in [-0.25, -0.2) is 0 Å². The lowest BCUT2D eigenvalue weighted by molar-refractivity contribution is -0.138. The molecular formula is C13H18BrN3O3. The van der Waals surface area contributed by atoms with Gasteiger partial charge in [0.15, 0.2) is 5.69 Å². The minimum Gasteiger partial charge on any atom is -0.480 e. The number of aromatic nitrogens is 2. The summed E-state index contributed by atoms with van der Waals surface area (Å²) in [5.74, 6) is -0.931. The molecule has 1 unspecified atom stereocenters. The predicted molar refractivity (Wildman–Crippen MR) is 76.7 cm³/mol. The van der Waals surface area contributed by atoms with Gasteiger partial charge < -0.3 is 10.0 Å². The zero-order valence-electron chi connectivity index (χ0n) is 11.5. The number of nitrogens with zero attached hydrogens (tertiary/aromatic N) is 2. The Balaban J connectivity index is 2.24. The van der Waals surface area contributed by atoms with E-state index in [1.807, 2.05) is 13.8 Å². The molecule has 1 aromatic rings. The molecule has 1 heterocycles. The first-order chi connectivity index (χ1) is 9.45. The van der Waals surface area contributed by atoms with Crippen LogP contribution in [0.4, 0.5) is 0 Å². The minimum absolute atomic E-state index is 0.147. The second-order valence-corrected chi connectivity index (χ2v) is 5.95. The number of nitrogens with one attached hydrogen (secondary N) is 1. The number of aliphatic carboxylic acids is 1. The van der Waals surface area contributed by atoms with E-state index in [0.717, 1.165) is 18.5 Å². The van der Waals surface area contributed by atoms with Crippen LogP contribution in [0.3, 0.4) is 0 Å². The summed E-state index contributed by atoms with van der Waals surface area (Å²) >= 11 is 3.41. The van der Waals surface area contributed by atoms with Gasteiger partial charge in [-0.1, -0.05) is 6.92 Å². The first-order valence-corrected chi connectivity index (χ1v) is 7.51. The number of aromatic amines is 1. The number of carbonyl (C=O) groups is 2. The van der Waals surface area contributed by atoms with Gasteiger partial charge in [0.05, 0.1) is 10.2 Å². The minimum atomic E-state index is -1.02. The molecule has 1 saturated carbocycles. The SMILES string of the molecule is CCC(C)N(CC(=O)O)C(=O)c1n[nH]c(C2CC2)c1Br. The third kappa shape index (κ3) is 3.03. The van der Waals surface area contributed by atoms with Gasteiger partial charge in [-0.2, -0.15) is 5.10 Å². The number of hydrogen-bond donors (Lipinski definition) is 2. The number of hydrogen-bond acceptors (Lipinski definition) is 3. The summed E-state index contributed by atoms with van der Waals surface area (Å²) in [6.45, 7) is 3.44. The van der Waals surface area contributed by atoms with Crippen molar-refractivity contribution in [2.75, 3.05) is 6.54 Å². The molecule has 20 heavy (non-hydrogen) atoms. The number of halogens is 1. The Morgan fingerprint density at radius 2 is 2.20 bits per heavy atom. The Morgan fingerprint density at radius 1 is 1.55 bits per heavy atom. The van der Waals surface area contributed by atoms with Crippen LogP contribution < -0.4 is 0 Å². The number of carboxylic acid groups (broad SMARTS) is 1. The molecule has 0 aliphatic heterocycles. The van der Waals surface area contributed by atoms with E-state index in [2.05, 4.69) is 26.1 Å². The maximum Gasteiger partial charge on any atom is 0.323 e. The molecule has 0 radical (unpaired) electrons. The van der Waals surface area contributed by atoms with E-state index in [1.54, 1.807) is 0 Å². The molecule has 0 spiro atoms. The summed E-state index contributed by atoms with van der Waals surface area (Å²) in [6.07, 6.45) is 2.88. The van der Waals surface area contributed by atoms with E-state index in [1.165, 1.54) is 4.90 Å². The Labute approximate surface area is 125 Å². The zero-order valence-corrected chi connectivity index (χ0v) is 13.1. The topological polar surface area (TPSA) is 86.3 Å². The van der Waals surface area contributed by atoms with Crippen molar-refractivity contribution in [3.05, 3.63) is 15.9 Å². The molecule has 1 aromatic heterocycles. The largest absolute Gasteiger partial charge is 0.480 e. The Kier molecular flexibility index (Phi) is 4.47. The maximum absolute atomic E-state index is 12.5. The maximum atomic E-state index is 12.5. The third-order valence-electron chi connectivity index (χ3n) is 3.61. The van der Waals surface area contributed by atoms with Crippen LogP contribution in [-0.4, -0.2) is 44.7 Å². The van der Waals surface area contributed by atoms with Gasteiger partial charge in [-0.15, -0.1) is 0 Å². The Bertz CT molecular complexity index is 525. The van der Waals surface area contributed by atoms with Crippen LogP contribution in [0.15, 0.2) is 4.47 Å². The number of H-pyrrole nitrogens is 1. The molecule has 1 fully saturated rings. The molecule has 110 valence electrons. The monoisotopic (exact) mass is 343 g/mol. The van der Waals surface area contributed by atoms with Crippen LogP contribution in [0.5, 0.6) is 0 Å². The molecule has 0 bridgehead atoms. The lowest BCUT2D eigenvalue weighted by Crippen LogP contribution is -2.42. The predicted octanol–water partition coefficient (Wildman–Crippen LogP) is 2.37. The smallest absolute Gasteiger partial charge is 0.323 e. The average molecular weight is 344 g/mol. The van der Waals surface area contributed by atoms with Gasteiger partial charge in [0.1, 0.15) is 6.54 Å². The van der Waals surface area contributed by atoms with E-state index in [9.17, 15) is 9.59 Å². The highest BCUT2D eigenvalue weighted by Crippen LogP contribution is 2.43. The second kappa shape index (κ2) is 5.95. The van der Waals surface area contributed by atoms with E-state index in [4.69, 9.17) is 5.11 Å². The molecule has 1 atom stereocenters. The van der Waals surface area contributed by atoms with Crippen LogP contribution in [0.2, 0.25) is 0 Å². The van der Waals surface area contributed by atoms with Gasteiger partial charge in [0, 0.05) is 12.0 Å². The lowest BCUT2D eigenvalue weighted by Gasteiger charge is -2.26. The van der Waals surface area contributed by atoms with Gasteiger partial charge in [-0.05, 0) is 42.1 Å². The van der Waals surface area contributed by atoms with E-state index >= 15 is 0 Å². The molecule has 1 aliphatic rings. The van der Waals surface area contributed by atoms with Gasteiger partial charge >= 0.3 is 5.97 Å². The first kappa shape index (κ1) is 15.0. The standard InChI is InChI=1S/C13H18BrN3O3/c1-3-7(2)17(6-9(18)19)13(20)12-10(14)11(15-16-12)8-4-5-8/h7-8H,3-6H2,1-2H3,(H,15,16)(H,18,19). The van der Waals surface area contributed by atoms with E-state index in [0.29, 0.717) is 16.8 Å². The highest BCUT2D eigenvalue weighted by molar-refractivity contribution is 9.10. The highest BCUT2D eigenvalue weighted by atomic mass is 79.9. The van der Waals surface area contributed by atoms with Crippen LogP contribution in [0.25, 0.3) is 0 Å². The lowest BCUT2D eigenvalue weighted by atomic mass is 10.2. The second-order valence-electron chi connectivity index (χ2n) is 5.16. The summed E-state index contributed by atoms with van der Waals surface area (Å²) in [5.41, 5.74) is 1.21. The number of carboxylic acids is 1. The van der Waals surface area contributed by atoms with Crippen molar-refractivity contribution in [3.63, 3.8) is 0 Å². The molecule has 2 rings (SSSR count). The quantitative estimate of drug-likeness (QED) is 0.830. The molecule has 0 aromatic carbocycles. The average Bonchev–Trinajstić information content (AvgIpc) is 3.17. The van der Waals surface area contributed by atoms with E-state index < -0.39 is 5.97 Å². The normalized spacial score (nSPS) is 15.9. The Hall–Kier alpha value is -1.37. The van der Waals surface area contributed by atoms with Crippen LogP contribution in [0, 0.1) is 0 Å². The number of amides is 1. The fraction of sp³-hybridized carbons (Fsp3) is 0.615. The first-order valence-electron chi connectivity index (χ1n) is 6.72. The van der Waals surface area contributed by atoms with Crippen molar-refractivity contribution in [1.82, 2.24) is 15.1 Å². The summed E-state index contributed by atoms with van der Waals surface area (Å²) < 4.78 is 0.670. The van der Waals surface area contributed by atoms with Gasteiger partial charge in [0.25, 0.3) is 5.91 Å². The van der Waals surface area contributed by atoms with Crippen LogP contribution in [-0.2, 0) is 4.79 Å². The highest BCUT2D eigenvalue weighted by Gasteiger charge is 2.33. The summed E-state index contributed by atoms with van der Waals surface area (Å²) in [5, 5.41) is 15.9.